The van der Waals surface area contributed by atoms with Gasteiger partial charge in [-0.05, 0) is 24.1 Å². The minimum Gasteiger partial charge on any atom is -0.497 e. The number of methoxy groups -OCH3 is 1. The van der Waals surface area contributed by atoms with E-state index < -0.39 is 0 Å². The van der Waals surface area contributed by atoms with Crippen molar-refractivity contribution in [3.8, 4) is 5.75 Å². The molecule has 0 spiro atoms. The zero-order valence-corrected chi connectivity index (χ0v) is 19.7. The summed E-state index contributed by atoms with van der Waals surface area (Å²) in [5, 5.41) is 11.7. The van der Waals surface area contributed by atoms with Gasteiger partial charge in [0, 0.05) is 59.3 Å². The summed E-state index contributed by atoms with van der Waals surface area (Å²) in [6.07, 6.45) is 3.70. The molecule has 1 N–H and O–H groups in total. The van der Waals surface area contributed by atoms with Gasteiger partial charge in [0.05, 0.1) is 20.3 Å². The van der Waals surface area contributed by atoms with Crippen LogP contribution in [0.15, 0.2) is 35.6 Å². The van der Waals surface area contributed by atoms with Crippen LogP contribution in [0.2, 0.25) is 0 Å². The van der Waals surface area contributed by atoms with Crippen LogP contribution in [-0.4, -0.2) is 90.6 Å². The molecule has 0 amide bonds. The molecule has 0 radical (unpaired) electrons. The topological polar surface area (TPSA) is 80.0 Å². The minimum absolute atomic E-state index is 0.764. The molecule has 0 aliphatic carbocycles. The Labute approximate surface area is 191 Å². The van der Waals surface area contributed by atoms with Gasteiger partial charge < -0.3 is 24.3 Å². The van der Waals surface area contributed by atoms with E-state index in [0.717, 1.165) is 89.4 Å². The van der Waals surface area contributed by atoms with E-state index in [9.17, 15) is 0 Å². The van der Waals surface area contributed by atoms with Gasteiger partial charge in [0.25, 0.3) is 0 Å². The van der Waals surface area contributed by atoms with Crippen molar-refractivity contribution in [3.05, 3.63) is 42.0 Å². The van der Waals surface area contributed by atoms with E-state index >= 15 is 0 Å². The van der Waals surface area contributed by atoms with Gasteiger partial charge >= 0.3 is 0 Å². The number of aliphatic imine (C=N–C) groups is 1. The number of morpholine rings is 1. The van der Waals surface area contributed by atoms with Crippen LogP contribution in [0.5, 0.6) is 5.75 Å². The maximum Gasteiger partial charge on any atom is 0.194 e. The average molecular weight is 444 g/mol. The number of guanidine groups is 1. The van der Waals surface area contributed by atoms with Crippen molar-refractivity contribution in [2.24, 2.45) is 4.99 Å². The van der Waals surface area contributed by atoms with Crippen LogP contribution in [0.25, 0.3) is 0 Å². The van der Waals surface area contributed by atoms with E-state index in [1.165, 1.54) is 5.56 Å². The SMILES string of the molecule is CCc1nncn1CCNC(=NCCCN1CCOCC1)N(C)Cc1ccc(OC)cc1. The molecule has 176 valence electrons. The minimum atomic E-state index is 0.764. The first-order valence-electron chi connectivity index (χ1n) is 11.5. The van der Waals surface area contributed by atoms with Gasteiger partial charge in [-0.2, -0.15) is 0 Å². The largest absolute Gasteiger partial charge is 0.497 e. The Balaban J connectivity index is 1.56. The van der Waals surface area contributed by atoms with Gasteiger partial charge in [0.2, 0.25) is 0 Å². The van der Waals surface area contributed by atoms with Gasteiger partial charge in [0.1, 0.15) is 17.9 Å². The molecule has 1 fully saturated rings. The second kappa shape index (κ2) is 13.0. The average Bonchev–Trinajstić information content (AvgIpc) is 3.29. The fraction of sp³-hybridized carbons (Fsp3) is 0.609. The molecule has 2 aromatic rings. The van der Waals surface area contributed by atoms with Crippen LogP contribution in [0.4, 0.5) is 0 Å². The fourth-order valence-electron chi connectivity index (χ4n) is 3.72. The Morgan fingerprint density at radius 2 is 2.00 bits per heavy atom. The summed E-state index contributed by atoms with van der Waals surface area (Å²) in [7, 11) is 3.76. The number of hydrogen-bond donors (Lipinski definition) is 1. The number of aryl methyl sites for hydroxylation is 1. The predicted octanol–water partition coefficient (Wildman–Crippen LogP) is 1.65. The highest BCUT2D eigenvalue weighted by molar-refractivity contribution is 5.79. The van der Waals surface area contributed by atoms with Gasteiger partial charge in [-0.25, -0.2) is 0 Å². The molecule has 1 aromatic heterocycles. The zero-order chi connectivity index (χ0) is 22.6. The van der Waals surface area contributed by atoms with Crippen molar-refractivity contribution in [2.45, 2.75) is 32.9 Å². The lowest BCUT2D eigenvalue weighted by Gasteiger charge is -2.26. The predicted molar refractivity (Wildman–Crippen MR) is 126 cm³/mol. The van der Waals surface area contributed by atoms with Gasteiger partial charge in [-0.15, -0.1) is 10.2 Å². The van der Waals surface area contributed by atoms with Crippen molar-refractivity contribution in [1.29, 1.82) is 0 Å². The first kappa shape index (κ1) is 24.0. The first-order chi connectivity index (χ1) is 15.7. The maximum absolute atomic E-state index is 5.43. The summed E-state index contributed by atoms with van der Waals surface area (Å²) in [5.74, 6) is 2.78. The number of nitrogens with one attached hydrogen (secondary N) is 1. The molecular formula is C23H37N7O2. The van der Waals surface area contributed by atoms with Crippen LogP contribution < -0.4 is 10.1 Å². The number of aromatic nitrogens is 3. The Morgan fingerprint density at radius 1 is 1.22 bits per heavy atom. The summed E-state index contributed by atoms with van der Waals surface area (Å²) in [6.45, 7) is 9.99. The zero-order valence-electron chi connectivity index (χ0n) is 19.7. The van der Waals surface area contributed by atoms with Crippen LogP contribution >= 0.6 is 0 Å². The molecular weight excluding hydrogens is 406 g/mol. The summed E-state index contributed by atoms with van der Waals surface area (Å²) in [5.41, 5.74) is 1.21. The molecule has 32 heavy (non-hydrogen) atoms. The Kier molecular flexibility index (Phi) is 9.77. The number of rotatable bonds is 11. The summed E-state index contributed by atoms with van der Waals surface area (Å²) < 4.78 is 12.8. The quantitative estimate of drug-likeness (QED) is 0.321. The van der Waals surface area contributed by atoms with Crippen LogP contribution in [0, 0.1) is 0 Å². The standard InChI is InChI=1S/C23H37N7O2/c1-4-22-27-26-19-30(22)13-11-25-23(24-10-5-12-29-14-16-32-17-15-29)28(2)18-20-6-8-21(31-3)9-7-20/h6-9,19H,4-5,10-18H2,1-3H3,(H,24,25). The number of hydrogen-bond acceptors (Lipinski definition) is 6. The molecule has 9 nitrogen and oxygen atoms in total. The fourth-order valence-corrected chi connectivity index (χ4v) is 3.72. The Bertz CT molecular complexity index is 816. The molecule has 2 heterocycles. The summed E-state index contributed by atoms with van der Waals surface area (Å²) >= 11 is 0. The maximum atomic E-state index is 5.43. The van der Waals surface area contributed by atoms with Crippen molar-refractivity contribution in [3.63, 3.8) is 0 Å². The highest BCUT2D eigenvalue weighted by atomic mass is 16.5. The monoisotopic (exact) mass is 443 g/mol. The first-order valence-corrected chi connectivity index (χ1v) is 11.5. The molecule has 1 aromatic carbocycles. The molecule has 3 rings (SSSR count). The number of benzene rings is 1. The lowest BCUT2D eigenvalue weighted by Crippen LogP contribution is -2.40. The van der Waals surface area contributed by atoms with Gasteiger partial charge in [-0.3, -0.25) is 9.89 Å². The van der Waals surface area contributed by atoms with Crippen molar-refractivity contribution in [1.82, 2.24) is 29.9 Å². The number of nitrogens with zero attached hydrogens (tertiary/aromatic N) is 6. The van der Waals surface area contributed by atoms with Crippen molar-refractivity contribution in [2.75, 3.05) is 60.1 Å². The molecule has 1 aliphatic heterocycles. The highest BCUT2D eigenvalue weighted by Crippen LogP contribution is 2.12. The second-order valence-electron chi connectivity index (χ2n) is 7.94. The third kappa shape index (κ3) is 7.49. The third-order valence-corrected chi connectivity index (χ3v) is 5.59. The number of ether oxygens (including phenoxy) is 2. The molecule has 0 unspecified atom stereocenters. The van der Waals surface area contributed by atoms with E-state index in [4.69, 9.17) is 14.5 Å². The molecule has 1 saturated heterocycles. The molecule has 0 saturated carbocycles. The molecule has 1 aliphatic rings. The Morgan fingerprint density at radius 3 is 2.72 bits per heavy atom. The normalized spacial score (nSPS) is 15.0. The third-order valence-electron chi connectivity index (χ3n) is 5.59. The summed E-state index contributed by atoms with van der Waals surface area (Å²) in [4.78, 5) is 9.53. The molecule has 0 atom stereocenters. The van der Waals surface area contributed by atoms with E-state index in [-0.39, 0.29) is 0 Å². The highest BCUT2D eigenvalue weighted by Gasteiger charge is 2.11. The van der Waals surface area contributed by atoms with Crippen LogP contribution in [0.1, 0.15) is 24.7 Å². The van der Waals surface area contributed by atoms with E-state index in [0.29, 0.717) is 0 Å². The van der Waals surface area contributed by atoms with E-state index in [1.54, 1.807) is 13.4 Å². The smallest absolute Gasteiger partial charge is 0.194 e. The lowest BCUT2D eigenvalue weighted by atomic mass is 10.2. The molecule has 0 bridgehead atoms. The summed E-state index contributed by atoms with van der Waals surface area (Å²) in [6, 6.07) is 8.17. The lowest BCUT2D eigenvalue weighted by molar-refractivity contribution is 0.0377. The molecule has 9 heteroatoms. The van der Waals surface area contributed by atoms with E-state index in [2.05, 4.69) is 56.0 Å². The van der Waals surface area contributed by atoms with Gasteiger partial charge in [0.15, 0.2) is 5.96 Å². The van der Waals surface area contributed by atoms with Crippen molar-refractivity contribution >= 4 is 5.96 Å². The Hall–Kier alpha value is -2.65. The van der Waals surface area contributed by atoms with Gasteiger partial charge in [-0.1, -0.05) is 19.1 Å². The van der Waals surface area contributed by atoms with E-state index in [1.807, 2.05) is 12.1 Å². The van der Waals surface area contributed by atoms with Crippen LogP contribution in [0.3, 0.4) is 0 Å². The van der Waals surface area contributed by atoms with Crippen molar-refractivity contribution < 1.29 is 9.47 Å². The second-order valence-corrected chi connectivity index (χ2v) is 7.94. The van der Waals surface area contributed by atoms with Crippen LogP contribution in [-0.2, 0) is 24.2 Å².